The van der Waals surface area contributed by atoms with Crippen molar-refractivity contribution in [3.05, 3.63) is 199 Å². The predicted octanol–water partition coefficient (Wildman–Crippen LogP) is 13.7. The number of rotatable bonds is 4. The van der Waals surface area contributed by atoms with Crippen LogP contribution in [-0.2, 0) is 0 Å². The first-order valence-electron chi connectivity index (χ1n) is 18.3. The lowest BCUT2D eigenvalue weighted by molar-refractivity contribution is 1.16. The van der Waals surface area contributed by atoms with Gasteiger partial charge in [-0.3, -0.25) is 0 Å². The van der Waals surface area contributed by atoms with Gasteiger partial charge in [0.1, 0.15) is 0 Å². The van der Waals surface area contributed by atoms with E-state index in [0.29, 0.717) is 11.4 Å². The molecule has 0 radical (unpaired) electrons. The Hall–Kier alpha value is -7.86. The van der Waals surface area contributed by atoms with Crippen molar-refractivity contribution in [3.8, 4) is 28.2 Å². The van der Waals surface area contributed by atoms with Gasteiger partial charge < -0.3 is 13.7 Å². The topological polar surface area (TPSA) is 23.5 Å². The van der Waals surface area contributed by atoms with Crippen LogP contribution in [0.1, 0.15) is 0 Å². The van der Waals surface area contributed by atoms with Crippen molar-refractivity contribution < 1.29 is 0 Å². The molecule has 0 saturated carbocycles. The second-order valence-corrected chi connectivity index (χ2v) is 14.0. The van der Waals surface area contributed by atoms with E-state index in [-0.39, 0.29) is 0 Å². The van der Waals surface area contributed by atoms with Gasteiger partial charge in [-0.2, -0.15) is 0 Å². The Kier molecular flexibility index (Phi) is 6.61. The lowest BCUT2D eigenvalue weighted by Crippen LogP contribution is -1.99. The minimum absolute atomic E-state index is 0.559. The summed E-state index contributed by atoms with van der Waals surface area (Å²) in [5.74, 6) is 0. The van der Waals surface area contributed by atoms with E-state index in [2.05, 4.69) is 157 Å². The van der Waals surface area contributed by atoms with Crippen LogP contribution in [0, 0.1) is 13.1 Å². The number of para-hydroxylation sites is 4. The molecule has 254 valence electrons. The molecular formula is C50H29N5. The summed E-state index contributed by atoms with van der Waals surface area (Å²) in [6.45, 7) is 15.7. The molecule has 8 aromatic carbocycles. The molecule has 3 heterocycles. The number of hydrogen-bond acceptors (Lipinski definition) is 0. The first-order valence-corrected chi connectivity index (χ1v) is 18.3. The molecule has 0 aliphatic rings. The molecule has 5 heteroatoms. The molecule has 0 fully saturated rings. The van der Waals surface area contributed by atoms with Crippen molar-refractivity contribution in [2.24, 2.45) is 0 Å². The summed E-state index contributed by atoms with van der Waals surface area (Å²) in [6.07, 6.45) is 0. The Bertz CT molecular complexity index is 3420. The Balaban J connectivity index is 1.13. The maximum Gasteiger partial charge on any atom is 0.189 e. The fraction of sp³-hybridized carbons (Fsp3) is 0. The van der Waals surface area contributed by atoms with Crippen molar-refractivity contribution in [2.75, 3.05) is 0 Å². The molecule has 55 heavy (non-hydrogen) atoms. The predicted molar refractivity (Wildman–Crippen MR) is 227 cm³/mol. The number of fused-ring (bicyclic) bond motifs is 9. The van der Waals surface area contributed by atoms with Gasteiger partial charge in [0.25, 0.3) is 0 Å². The van der Waals surface area contributed by atoms with E-state index in [1.807, 2.05) is 42.5 Å². The molecule has 0 saturated heterocycles. The smallest absolute Gasteiger partial charge is 0.189 e. The third-order valence-electron chi connectivity index (χ3n) is 11.0. The highest BCUT2D eigenvalue weighted by Gasteiger charge is 2.19. The molecule has 0 atom stereocenters. The van der Waals surface area contributed by atoms with E-state index in [9.17, 15) is 0 Å². The van der Waals surface area contributed by atoms with E-state index < -0.39 is 0 Å². The summed E-state index contributed by atoms with van der Waals surface area (Å²) < 4.78 is 6.95. The monoisotopic (exact) mass is 699 g/mol. The fourth-order valence-electron chi connectivity index (χ4n) is 8.70. The average Bonchev–Trinajstić information content (AvgIpc) is 3.88. The van der Waals surface area contributed by atoms with Crippen molar-refractivity contribution in [3.63, 3.8) is 0 Å². The highest BCUT2D eigenvalue weighted by atomic mass is 15.0. The van der Waals surface area contributed by atoms with Crippen molar-refractivity contribution in [2.45, 2.75) is 0 Å². The number of benzene rings is 8. The van der Waals surface area contributed by atoms with Gasteiger partial charge in [0.15, 0.2) is 11.4 Å². The van der Waals surface area contributed by atoms with E-state index >= 15 is 0 Å². The maximum atomic E-state index is 7.92. The van der Waals surface area contributed by atoms with E-state index in [4.69, 9.17) is 13.1 Å². The highest BCUT2D eigenvalue weighted by molar-refractivity contribution is 6.13. The molecule has 5 nitrogen and oxygen atoms in total. The molecule has 0 bridgehead atoms. The second kappa shape index (κ2) is 11.8. The zero-order chi connectivity index (χ0) is 36.6. The van der Waals surface area contributed by atoms with Gasteiger partial charge in [0.2, 0.25) is 0 Å². The van der Waals surface area contributed by atoms with Crippen LogP contribution in [0.25, 0.3) is 103 Å². The van der Waals surface area contributed by atoms with Gasteiger partial charge in [-0.15, -0.1) is 0 Å². The molecule has 0 spiro atoms. The summed E-state index contributed by atoms with van der Waals surface area (Å²) in [6, 6.07) is 61.6. The molecule has 11 rings (SSSR count). The van der Waals surface area contributed by atoms with Crippen LogP contribution in [0.4, 0.5) is 11.4 Å². The van der Waals surface area contributed by atoms with Gasteiger partial charge >= 0.3 is 0 Å². The van der Waals surface area contributed by atoms with Crippen LogP contribution in [-0.4, -0.2) is 13.7 Å². The SMILES string of the molecule is [C-]#[N+]c1ccc(-c2cccc(-n3c4ccccc4c4cc(-n5c6ccccc6c6ccccc65)ccc43)c2)c(-n2c3ccccc3c3ccc([N+]#[C-])cc32)c1. The zero-order valence-corrected chi connectivity index (χ0v) is 29.5. The zero-order valence-electron chi connectivity index (χ0n) is 29.5. The molecule has 0 unspecified atom stereocenters. The molecule has 3 aromatic heterocycles. The van der Waals surface area contributed by atoms with Crippen LogP contribution in [0.2, 0.25) is 0 Å². The molecule has 0 aliphatic carbocycles. The third-order valence-corrected chi connectivity index (χ3v) is 11.0. The quantitative estimate of drug-likeness (QED) is 0.163. The van der Waals surface area contributed by atoms with Gasteiger partial charge in [-0.25, -0.2) is 9.69 Å². The van der Waals surface area contributed by atoms with Crippen LogP contribution in [0.15, 0.2) is 176 Å². The molecule has 11 aromatic rings. The lowest BCUT2D eigenvalue weighted by Gasteiger charge is -2.16. The maximum absolute atomic E-state index is 7.92. The van der Waals surface area contributed by atoms with Gasteiger partial charge in [-0.1, -0.05) is 109 Å². The lowest BCUT2D eigenvalue weighted by atomic mass is 10.0. The summed E-state index contributed by atoms with van der Waals surface area (Å²) in [4.78, 5) is 7.60. The molecule has 0 N–H and O–H groups in total. The van der Waals surface area contributed by atoms with Crippen molar-refractivity contribution in [1.29, 1.82) is 0 Å². The first-order chi connectivity index (χ1) is 27.2. The normalized spacial score (nSPS) is 11.6. The van der Waals surface area contributed by atoms with Gasteiger partial charge in [0.05, 0.1) is 40.7 Å². The van der Waals surface area contributed by atoms with Crippen LogP contribution in [0.3, 0.4) is 0 Å². The third kappa shape index (κ3) is 4.51. The summed E-state index contributed by atoms with van der Waals surface area (Å²) in [7, 11) is 0. The fourth-order valence-corrected chi connectivity index (χ4v) is 8.70. The standard InChI is InChI=1S/C50H29N5/c1-51-33-22-25-37(49(29-33)55-47-21-10-5-16-40(47)42-26-23-34(52-2)30-50(42)55)32-12-11-13-35(28-32)53-46-20-9-6-17-41(46)43-31-36(24-27-48(43)53)54-44-18-7-3-14-38(44)39-15-4-8-19-45(39)54/h3-31H. The van der Waals surface area contributed by atoms with E-state index in [1.54, 1.807) is 0 Å². The number of aromatic nitrogens is 3. The Morgan fingerprint density at radius 1 is 0.327 bits per heavy atom. The van der Waals surface area contributed by atoms with Crippen LogP contribution < -0.4 is 0 Å². The van der Waals surface area contributed by atoms with Gasteiger partial charge in [-0.05, 0) is 72.3 Å². The number of nitrogens with zero attached hydrogens (tertiary/aromatic N) is 5. The Morgan fingerprint density at radius 3 is 1.44 bits per heavy atom. The minimum Gasteiger partial charge on any atom is -0.311 e. The molecule has 0 aliphatic heterocycles. The largest absolute Gasteiger partial charge is 0.311 e. The highest BCUT2D eigenvalue weighted by Crippen LogP contribution is 2.41. The first kappa shape index (κ1) is 30.7. The van der Waals surface area contributed by atoms with E-state index in [1.165, 1.54) is 32.6 Å². The van der Waals surface area contributed by atoms with Crippen molar-refractivity contribution >= 4 is 76.8 Å². The van der Waals surface area contributed by atoms with Crippen LogP contribution >= 0.6 is 0 Å². The molecule has 0 amide bonds. The molecular weight excluding hydrogens is 671 g/mol. The summed E-state index contributed by atoms with van der Waals surface area (Å²) in [5, 5.41) is 7.04. The van der Waals surface area contributed by atoms with Crippen LogP contribution in [0.5, 0.6) is 0 Å². The average molecular weight is 700 g/mol. The minimum atomic E-state index is 0.559. The Morgan fingerprint density at radius 2 is 0.818 bits per heavy atom. The summed E-state index contributed by atoms with van der Waals surface area (Å²) >= 11 is 0. The Labute approximate surface area is 316 Å². The number of hydrogen-bond donors (Lipinski definition) is 0. The second-order valence-electron chi connectivity index (χ2n) is 14.0. The van der Waals surface area contributed by atoms with Gasteiger partial charge in [0, 0.05) is 60.5 Å². The van der Waals surface area contributed by atoms with E-state index in [0.717, 1.165) is 61.0 Å². The summed E-state index contributed by atoms with van der Waals surface area (Å²) in [5.41, 5.74) is 12.8. The van der Waals surface area contributed by atoms with Crippen molar-refractivity contribution in [1.82, 2.24) is 13.7 Å².